The van der Waals surface area contributed by atoms with Gasteiger partial charge < -0.3 is 14.9 Å². The monoisotopic (exact) mass is 605 g/mol. The maximum absolute atomic E-state index is 14.1. The van der Waals surface area contributed by atoms with Gasteiger partial charge in [-0.1, -0.05) is 11.3 Å². The quantitative estimate of drug-likeness (QED) is 0.386. The van der Waals surface area contributed by atoms with E-state index in [-0.39, 0.29) is 18.1 Å². The van der Waals surface area contributed by atoms with Crippen LogP contribution in [-0.4, -0.2) is 78.2 Å². The minimum atomic E-state index is -3.68. The SMILES string of the molecule is Cc1cc(-c2nnc(-c3ccc(NS(=O)(=O)CCO)cc3N3CCC4(CC3)CC4)s2)nc(N2CCCC(F)(F)C2)n1. The molecule has 1 spiro atoms. The third kappa shape index (κ3) is 6.28. The lowest BCUT2D eigenvalue weighted by atomic mass is 9.93. The average Bonchev–Trinajstić information content (AvgIpc) is 3.48. The summed E-state index contributed by atoms with van der Waals surface area (Å²) in [4.78, 5) is 12.8. The summed E-state index contributed by atoms with van der Waals surface area (Å²) in [5.41, 5.74) is 3.75. The van der Waals surface area contributed by atoms with Gasteiger partial charge in [-0.15, -0.1) is 10.2 Å². The number of alkyl halides is 2. The summed E-state index contributed by atoms with van der Waals surface area (Å²) in [5.74, 6) is -2.89. The smallest absolute Gasteiger partial charge is 0.265 e. The standard InChI is InChI=1S/C27H33F2N7O3S2/c1-18-15-21(31-25(30-18)36-10-2-5-27(28,29)17-36)24-33-32-23(40-24)20-4-3-19(34-41(38,39)14-13-37)16-22(20)35-11-8-26(6-7-26)9-12-35/h3-4,15-16,34,37H,2,5-14,17H2,1H3. The third-order valence-electron chi connectivity index (χ3n) is 8.15. The number of hydrogen-bond donors (Lipinski definition) is 2. The molecule has 220 valence electrons. The maximum Gasteiger partial charge on any atom is 0.265 e. The zero-order chi connectivity index (χ0) is 28.8. The first kappa shape index (κ1) is 28.2. The van der Waals surface area contributed by atoms with Gasteiger partial charge >= 0.3 is 0 Å². The number of rotatable bonds is 8. The Kier molecular flexibility index (Phi) is 7.35. The van der Waals surface area contributed by atoms with Gasteiger partial charge in [0.15, 0.2) is 5.01 Å². The van der Waals surface area contributed by atoms with E-state index in [0.29, 0.717) is 45.5 Å². The molecule has 0 radical (unpaired) electrons. The van der Waals surface area contributed by atoms with Crippen molar-refractivity contribution >= 4 is 38.7 Å². The zero-order valence-corrected chi connectivity index (χ0v) is 24.4. The highest BCUT2D eigenvalue weighted by Crippen LogP contribution is 2.54. The van der Waals surface area contributed by atoms with Gasteiger partial charge in [0.25, 0.3) is 5.92 Å². The molecule has 41 heavy (non-hydrogen) atoms. The molecule has 0 unspecified atom stereocenters. The molecule has 3 aliphatic rings. The van der Waals surface area contributed by atoms with Crippen LogP contribution in [0, 0.1) is 12.3 Å². The molecule has 1 aliphatic carbocycles. The average molecular weight is 606 g/mol. The number of aliphatic hydroxyl groups is 1. The number of hydrogen-bond acceptors (Lipinski definition) is 10. The highest BCUT2D eigenvalue weighted by atomic mass is 32.2. The van der Waals surface area contributed by atoms with Crippen molar-refractivity contribution in [1.29, 1.82) is 0 Å². The largest absolute Gasteiger partial charge is 0.395 e. The molecule has 10 nitrogen and oxygen atoms in total. The van der Waals surface area contributed by atoms with Crippen LogP contribution in [0.5, 0.6) is 0 Å². The van der Waals surface area contributed by atoms with E-state index in [0.717, 1.165) is 37.2 Å². The van der Waals surface area contributed by atoms with Crippen molar-refractivity contribution in [3.05, 3.63) is 30.0 Å². The molecular formula is C27H33F2N7O3S2. The maximum atomic E-state index is 14.1. The lowest BCUT2D eigenvalue weighted by Gasteiger charge is -2.35. The molecule has 2 N–H and O–H groups in total. The van der Waals surface area contributed by atoms with Crippen LogP contribution in [0.2, 0.25) is 0 Å². The first-order valence-corrected chi connectivity index (χ1v) is 16.3. The minimum Gasteiger partial charge on any atom is -0.395 e. The number of sulfonamides is 1. The van der Waals surface area contributed by atoms with Crippen LogP contribution in [0.4, 0.5) is 26.1 Å². The van der Waals surface area contributed by atoms with E-state index in [1.54, 1.807) is 19.1 Å². The second kappa shape index (κ2) is 10.7. The van der Waals surface area contributed by atoms with Crippen LogP contribution in [0.15, 0.2) is 24.3 Å². The zero-order valence-electron chi connectivity index (χ0n) is 22.8. The molecular weight excluding hydrogens is 572 g/mol. The van der Waals surface area contributed by atoms with E-state index in [4.69, 9.17) is 5.11 Å². The fourth-order valence-corrected chi connectivity index (χ4v) is 7.33. The van der Waals surface area contributed by atoms with E-state index in [1.807, 2.05) is 12.1 Å². The summed E-state index contributed by atoms with van der Waals surface area (Å²) in [6, 6.07) is 7.12. The number of piperidine rings is 2. The highest BCUT2D eigenvalue weighted by molar-refractivity contribution is 7.92. The highest BCUT2D eigenvalue weighted by Gasteiger charge is 2.44. The Hall–Kier alpha value is -2.97. The number of nitrogens with one attached hydrogen (secondary N) is 1. The minimum absolute atomic E-state index is 0.135. The normalized spacial score (nSPS) is 19.9. The number of aliphatic hydroxyl groups excluding tert-OH is 1. The van der Waals surface area contributed by atoms with Gasteiger partial charge in [-0.3, -0.25) is 4.72 Å². The summed E-state index contributed by atoms with van der Waals surface area (Å²) < 4.78 is 55.4. The molecule has 2 aliphatic heterocycles. The Morgan fingerprint density at radius 1 is 1.00 bits per heavy atom. The van der Waals surface area contributed by atoms with Gasteiger partial charge in [-0.2, -0.15) is 0 Å². The van der Waals surface area contributed by atoms with Crippen LogP contribution in [-0.2, 0) is 10.0 Å². The number of aryl methyl sites for hydroxylation is 1. The summed E-state index contributed by atoms with van der Waals surface area (Å²) >= 11 is 1.34. The predicted octanol–water partition coefficient (Wildman–Crippen LogP) is 4.32. The van der Waals surface area contributed by atoms with E-state index in [9.17, 15) is 17.2 Å². The molecule has 4 heterocycles. The number of aromatic nitrogens is 4. The first-order valence-electron chi connectivity index (χ1n) is 13.9. The molecule has 6 rings (SSSR count). The first-order chi connectivity index (χ1) is 19.5. The Bertz CT molecular complexity index is 1540. The van der Waals surface area contributed by atoms with Crippen molar-refractivity contribution in [2.45, 2.75) is 51.4 Å². The molecule has 1 aromatic carbocycles. The van der Waals surface area contributed by atoms with Crippen molar-refractivity contribution in [3.63, 3.8) is 0 Å². The van der Waals surface area contributed by atoms with Crippen LogP contribution in [0.1, 0.15) is 44.2 Å². The van der Waals surface area contributed by atoms with E-state index in [2.05, 4.69) is 29.8 Å². The number of halogens is 2. The van der Waals surface area contributed by atoms with Crippen molar-refractivity contribution < 1.29 is 22.3 Å². The van der Waals surface area contributed by atoms with E-state index in [1.165, 1.54) is 29.1 Å². The van der Waals surface area contributed by atoms with Crippen LogP contribution in [0.3, 0.4) is 0 Å². The van der Waals surface area contributed by atoms with Gasteiger partial charge in [-0.05, 0) is 68.7 Å². The number of nitrogens with zero attached hydrogens (tertiary/aromatic N) is 6. The summed E-state index contributed by atoms with van der Waals surface area (Å²) in [6.45, 7) is 3.12. The van der Waals surface area contributed by atoms with E-state index >= 15 is 0 Å². The Morgan fingerprint density at radius 3 is 2.46 bits per heavy atom. The number of benzene rings is 1. The van der Waals surface area contributed by atoms with Crippen molar-refractivity contribution in [2.24, 2.45) is 5.41 Å². The fraction of sp³-hybridized carbons (Fsp3) is 0.556. The lowest BCUT2D eigenvalue weighted by Crippen LogP contribution is -2.43. The molecule has 0 atom stereocenters. The Morgan fingerprint density at radius 2 is 1.76 bits per heavy atom. The predicted molar refractivity (Wildman–Crippen MR) is 155 cm³/mol. The topological polar surface area (TPSA) is 124 Å². The van der Waals surface area contributed by atoms with Gasteiger partial charge in [0.2, 0.25) is 16.0 Å². The second-order valence-electron chi connectivity index (χ2n) is 11.4. The van der Waals surface area contributed by atoms with Crippen molar-refractivity contribution in [3.8, 4) is 21.3 Å². The third-order valence-corrected chi connectivity index (χ3v) is 10.4. The molecule has 14 heteroatoms. The van der Waals surface area contributed by atoms with Crippen LogP contribution < -0.4 is 14.5 Å². The van der Waals surface area contributed by atoms with Crippen molar-refractivity contribution in [2.75, 3.05) is 53.1 Å². The summed E-state index contributed by atoms with van der Waals surface area (Å²) in [7, 11) is -3.68. The molecule has 3 fully saturated rings. The van der Waals surface area contributed by atoms with Gasteiger partial charge in [0.05, 0.1) is 24.6 Å². The van der Waals surface area contributed by atoms with Crippen LogP contribution in [0.25, 0.3) is 21.3 Å². The molecule has 0 bridgehead atoms. The number of anilines is 3. The second-order valence-corrected chi connectivity index (χ2v) is 14.2. The summed E-state index contributed by atoms with van der Waals surface area (Å²) in [5, 5.41) is 19.2. The molecule has 2 aromatic heterocycles. The summed E-state index contributed by atoms with van der Waals surface area (Å²) in [6.07, 6.45) is 4.95. The molecule has 0 amide bonds. The van der Waals surface area contributed by atoms with Crippen molar-refractivity contribution in [1.82, 2.24) is 20.2 Å². The Labute approximate surface area is 241 Å². The lowest BCUT2D eigenvalue weighted by molar-refractivity contribution is -0.0120. The molecule has 3 aromatic rings. The van der Waals surface area contributed by atoms with E-state index < -0.39 is 29.1 Å². The van der Waals surface area contributed by atoms with Gasteiger partial charge in [-0.25, -0.2) is 27.2 Å². The van der Waals surface area contributed by atoms with Gasteiger partial charge in [0.1, 0.15) is 10.7 Å². The van der Waals surface area contributed by atoms with Gasteiger partial charge in [0, 0.05) is 43.0 Å². The Balaban J connectivity index is 1.32. The molecule has 2 saturated heterocycles. The van der Waals surface area contributed by atoms with Crippen LogP contribution >= 0.6 is 11.3 Å². The fourth-order valence-electron chi connectivity index (χ4n) is 5.66. The molecule has 1 saturated carbocycles.